The lowest BCUT2D eigenvalue weighted by Crippen LogP contribution is -2.40. The van der Waals surface area contributed by atoms with Crippen molar-refractivity contribution < 1.29 is 19.1 Å². The second kappa shape index (κ2) is 9.36. The predicted octanol–water partition coefficient (Wildman–Crippen LogP) is 1.19. The van der Waals surface area contributed by atoms with Crippen molar-refractivity contribution in [2.24, 2.45) is 0 Å². The summed E-state index contributed by atoms with van der Waals surface area (Å²) in [5.74, 6) is -1.74. The van der Waals surface area contributed by atoms with E-state index in [1.807, 2.05) is 36.4 Å². The molecule has 0 aliphatic carbocycles. The number of anilines is 1. The number of ether oxygens (including phenoxy) is 1. The average molecular weight is 393 g/mol. The lowest BCUT2D eigenvalue weighted by molar-refractivity contribution is -0.141. The van der Waals surface area contributed by atoms with E-state index in [1.165, 1.54) is 7.11 Å². The third kappa shape index (κ3) is 5.32. The summed E-state index contributed by atoms with van der Waals surface area (Å²) in [6, 6.07) is 18.1. The molecule has 0 atom stereocenters. The smallest absolute Gasteiger partial charge is 0.329 e. The molecule has 9 nitrogen and oxygen atoms in total. The number of nitrogens with zero attached hydrogens (tertiary/aromatic N) is 5. The molecule has 0 saturated heterocycles. The van der Waals surface area contributed by atoms with Crippen molar-refractivity contribution in [2.75, 3.05) is 12.0 Å². The molecule has 0 radical (unpaired) electrons. The van der Waals surface area contributed by atoms with Crippen LogP contribution >= 0.6 is 0 Å². The van der Waals surface area contributed by atoms with Gasteiger partial charge in [-0.2, -0.15) is 4.80 Å². The Labute approximate surface area is 166 Å². The van der Waals surface area contributed by atoms with Gasteiger partial charge in [-0.1, -0.05) is 65.8 Å². The van der Waals surface area contributed by atoms with Crippen LogP contribution in [0.25, 0.3) is 0 Å². The number of aromatic nitrogens is 4. The van der Waals surface area contributed by atoms with Crippen molar-refractivity contribution in [1.82, 2.24) is 20.2 Å². The van der Waals surface area contributed by atoms with Gasteiger partial charge in [-0.3, -0.25) is 9.59 Å². The number of methoxy groups -OCH3 is 1. The Bertz CT molecular complexity index is 935. The fourth-order valence-electron chi connectivity index (χ4n) is 2.63. The van der Waals surface area contributed by atoms with Crippen molar-refractivity contribution in [3.8, 4) is 0 Å². The third-order valence-electron chi connectivity index (χ3n) is 4.04. The molecular formula is C20H19N5O4. The largest absolute Gasteiger partial charge is 0.468 e. The highest BCUT2D eigenvalue weighted by Crippen LogP contribution is 2.13. The topological polar surface area (TPSA) is 107 Å². The summed E-state index contributed by atoms with van der Waals surface area (Å²) in [6.45, 7) is -0.281. The normalized spacial score (nSPS) is 10.4. The van der Waals surface area contributed by atoms with E-state index < -0.39 is 17.8 Å². The first-order valence-electron chi connectivity index (χ1n) is 8.85. The zero-order valence-corrected chi connectivity index (χ0v) is 15.8. The van der Waals surface area contributed by atoms with Gasteiger partial charge in [-0.15, -0.1) is 5.10 Å². The van der Waals surface area contributed by atoms with Gasteiger partial charge in [0, 0.05) is 0 Å². The Balaban J connectivity index is 1.85. The first kappa shape index (κ1) is 19.9. The first-order chi connectivity index (χ1) is 14.1. The second-order valence-corrected chi connectivity index (χ2v) is 6.14. The minimum Gasteiger partial charge on any atom is -0.468 e. The van der Waals surface area contributed by atoms with Crippen LogP contribution in [0.2, 0.25) is 0 Å². The van der Waals surface area contributed by atoms with Crippen LogP contribution < -0.4 is 4.90 Å². The first-order valence-corrected chi connectivity index (χ1v) is 8.85. The summed E-state index contributed by atoms with van der Waals surface area (Å²) >= 11 is 0. The number of amides is 2. The highest BCUT2D eigenvalue weighted by atomic mass is 16.5. The molecule has 0 spiro atoms. The molecule has 1 heterocycles. The van der Waals surface area contributed by atoms with Crippen LogP contribution in [-0.2, 0) is 38.5 Å². The number of hydrogen-bond acceptors (Lipinski definition) is 7. The van der Waals surface area contributed by atoms with Crippen LogP contribution in [0, 0.1) is 0 Å². The van der Waals surface area contributed by atoms with E-state index in [-0.39, 0.29) is 25.3 Å². The van der Waals surface area contributed by atoms with Gasteiger partial charge in [-0.05, 0) is 16.3 Å². The minimum atomic E-state index is -0.577. The van der Waals surface area contributed by atoms with Crippen molar-refractivity contribution in [2.45, 2.75) is 19.4 Å². The van der Waals surface area contributed by atoms with Gasteiger partial charge in [0.05, 0.1) is 20.0 Å². The molecule has 0 N–H and O–H groups in total. The standard InChI is InChI=1S/C20H19N5O4/c1-29-19(28)14-24-22-20(21-23-24)25(17(26)12-15-8-4-2-5-9-15)18(27)13-16-10-6-3-7-11-16/h2-11H,12-14H2,1H3. The summed E-state index contributed by atoms with van der Waals surface area (Å²) in [7, 11) is 1.24. The van der Waals surface area contributed by atoms with Crippen LogP contribution in [-0.4, -0.2) is 45.1 Å². The minimum absolute atomic E-state index is 0.00703. The van der Waals surface area contributed by atoms with Crippen LogP contribution in [0.15, 0.2) is 60.7 Å². The number of tetrazole rings is 1. The van der Waals surface area contributed by atoms with E-state index in [0.29, 0.717) is 0 Å². The Hall–Kier alpha value is -3.88. The van der Waals surface area contributed by atoms with Crippen molar-refractivity contribution >= 4 is 23.7 Å². The third-order valence-corrected chi connectivity index (χ3v) is 4.04. The van der Waals surface area contributed by atoms with E-state index in [4.69, 9.17) is 0 Å². The monoisotopic (exact) mass is 393 g/mol. The Morgan fingerprint density at radius 3 is 1.90 bits per heavy atom. The summed E-state index contributed by atoms with van der Waals surface area (Å²) in [6.07, 6.45) is -0.0141. The molecule has 0 saturated carbocycles. The SMILES string of the molecule is COC(=O)Cn1nnc(N(C(=O)Cc2ccccc2)C(=O)Cc2ccccc2)n1. The van der Waals surface area contributed by atoms with E-state index in [1.54, 1.807) is 24.3 Å². The molecule has 0 aliphatic rings. The summed E-state index contributed by atoms with van der Waals surface area (Å²) in [4.78, 5) is 39.1. The quantitative estimate of drug-likeness (QED) is 0.555. The second-order valence-electron chi connectivity index (χ2n) is 6.14. The molecule has 0 aliphatic heterocycles. The van der Waals surface area contributed by atoms with E-state index >= 15 is 0 Å². The predicted molar refractivity (Wildman–Crippen MR) is 103 cm³/mol. The van der Waals surface area contributed by atoms with Crippen molar-refractivity contribution in [3.05, 3.63) is 71.8 Å². The number of hydrogen-bond donors (Lipinski definition) is 0. The maximum atomic E-state index is 12.9. The van der Waals surface area contributed by atoms with Gasteiger partial charge in [0.25, 0.3) is 5.95 Å². The van der Waals surface area contributed by atoms with E-state index in [2.05, 4.69) is 20.1 Å². The number of carbonyl (C=O) groups is 3. The Morgan fingerprint density at radius 2 is 1.41 bits per heavy atom. The average Bonchev–Trinajstić information content (AvgIpc) is 3.17. The molecule has 0 bridgehead atoms. The maximum Gasteiger partial charge on any atom is 0.329 e. The van der Waals surface area contributed by atoms with Crippen LogP contribution in [0.4, 0.5) is 5.95 Å². The van der Waals surface area contributed by atoms with E-state index in [0.717, 1.165) is 20.8 Å². The van der Waals surface area contributed by atoms with Gasteiger partial charge in [0.15, 0.2) is 6.54 Å². The van der Waals surface area contributed by atoms with Gasteiger partial charge in [-0.25, -0.2) is 9.69 Å². The number of rotatable bonds is 7. The van der Waals surface area contributed by atoms with Crippen LogP contribution in [0.1, 0.15) is 11.1 Å². The molecule has 3 aromatic rings. The van der Waals surface area contributed by atoms with Crippen molar-refractivity contribution in [1.29, 1.82) is 0 Å². The van der Waals surface area contributed by atoms with Gasteiger partial charge < -0.3 is 4.74 Å². The number of esters is 1. The maximum absolute atomic E-state index is 12.9. The summed E-state index contributed by atoms with van der Waals surface area (Å²) in [5.41, 5.74) is 1.49. The molecule has 3 rings (SSSR count). The number of imide groups is 1. The Kier molecular flexibility index (Phi) is 6.41. The van der Waals surface area contributed by atoms with Gasteiger partial charge in [0.2, 0.25) is 11.8 Å². The Morgan fingerprint density at radius 1 is 0.897 bits per heavy atom. The molecule has 148 valence electrons. The van der Waals surface area contributed by atoms with Gasteiger partial charge >= 0.3 is 5.97 Å². The van der Waals surface area contributed by atoms with Gasteiger partial charge in [0.1, 0.15) is 0 Å². The molecular weight excluding hydrogens is 374 g/mol. The fourth-order valence-corrected chi connectivity index (χ4v) is 2.63. The van der Waals surface area contributed by atoms with E-state index in [9.17, 15) is 14.4 Å². The molecule has 9 heteroatoms. The molecule has 29 heavy (non-hydrogen) atoms. The zero-order valence-electron chi connectivity index (χ0n) is 15.8. The summed E-state index contributed by atoms with van der Waals surface area (Å²) in [5, 5.41) is 11.5. The summed E-state index contributed by atoms with van der Waals surface area (Å²) < 4.78 is 4.56. The lowest BCUT2D eigenvalue weighted by atomic mass is 10.1. The molecule has 0 unspecified atom stereocenters. The van der Waals surface area contributed by atoms with Crippen LogP contribution in [0.5, 0.6) is 0 Å². The van der Waals surface area contributed by atoms with Crippen LogP contribution in [0.3, 0.4) is 0 Å². The number of carbonyl (C=O) groups excluding carboxylic acids is 3. The molecule has 2 aromatic carbocycles. The molecule has 0 fully saturated rings. The highest BCUT2D eigenvalue weighted by Gasteiger charge is 2.28. The zero-order chi connectivity index (χ0) is 20.6. The fraction of sp³-hybridized carbons (Fsp3) is 0.200. The molecule has 2 amide bonds. The lowest BCUT2D eigenvalue weighted by Gasteiger charge is -2.17. The number of benzene rings is 2. The highest BCUT2D eigenvalue weighted by molar-refractivity contribution is 6.14. The van der Waals surface area contributed by atoms with Crippen molar-refractivity contribution in [3.63, 3.8) is 0 Å². The molecule has 1 aromatic heterocycles.